The molecule has 0 bridgehead atoms. The quantitative estimate of drug-likeness (QED) is 0.415. The molecule has 0 aliphatic heterocycles. The predicted molar refractivity (Wildman–Crippen MR) is 148 cm³/mol. The Bertz CT molecular complexity index is 1280. The van der Waals surface area contributed by atoms with Crippen molar-refractivity contribution in [3.05, 3.63) is 52.7 Å². The third-order valence-electron chi connectivity index (χ3n) is 8.13. The Kier molecular flexibility index (Phi) is 7.59. The number of carbonyl (C=O) groups is 2. The second-order valence-electron chi connectivity index (χ2n) is 10.8. The Balaban J connectivity index is 1.28. The number of nitrogens with zero attached hydrogens (tertiary/aromatic N) is 3. The fourth-order valence-corrected chi connectivity index (χ4v) is 6.34. The van der Waals surface area contributed by atoms with Crippen LogP contribution in [-0.2, 0) is 15.1 Å². The molecule has 0 saturated heterocycles. The molecule has 5 rings (SSSR count). The molecule has 2 fully saturated rings. The molecule has 2 aliphatic carbocycles. The fraction of sp³-hybridized carbons (Fsp3) is 0.448. The maximum Gasteiger partial charge on any atom is 0.225 e. The van der Waals surface area contributed by atoms with E-state index in [9.17, 15) is 14.0 Å². The van der Waals surface area contributed by atoms with Crippen molar-refractivity contribution in [1.82, 2.24) is 15.1 Å². The van der Waals surface area contributed by atoms with Gasteiger partial charge in [-0.15, -0.1) is 10.2 Å². The first-order chi connectivity index (χ1) is 18.2. The number of halogens is 1. The van der Waals surface area contributed by atoms with E-state index in [-0.39, 0.29) is 17.9 Å². The van der Waals surface area contributed by atoms with Crippen molar-refractivity contribution in [3.63, 3.8) is 0 Å². The van der Waals surface area contributed by atoms with Crippen LogP contribution in [0, 0.1) is 5.92 Å². The first-order valence-electron chi connectivity index (χ1n) is 13.2. The standard InChI is InChI=1S/C29H34FN5O2S/c1-18(36)35(2)24-9-3-19(4-10-24)13-27(37)32-26-14-25(21-11-12-38-17-21)28(34-33-26)20-5-7-22(8-6-20)29(31)15-23(30)16-29/h5-8,11-12,14,17,19,23-24H,3-4,9-10,13,15-16,31H2,1-2H3,(H,32,33,37)/t19-,23?,24-,29?. The van der Waals surface area contributed by atoms with Gasteiger partial charge in [-0.3, -0.25) is 9.59 Å². The predicted octanol–water partition coefficient (Wildman–Crippen LogP) is 5.52. The lowest BCUT2D eigenvalue weighted by molar-refractivity contribution is -0.130. The van der Waals surface area contributed by atoms with Gasteiger partial charge in [0, 0.05) is 55.9 Å². The van der Waals surface area contributed by atoms with Crippen LogP contribution in [0.1, 0.15) is 57.4 Å². The van der Waals surface area contributed by atoms with Crippen LogP contribution in [0.15, 0.2) is 47.2 Å². The molecule has 2 heterocycles. The van der Waals surface area contributed by atoms with Crippen LogP contribution in [-0.4, -0.2) is 46.2 Å². The average molecular weight is 536 g/mol. The minimum Gasteiger partial charge on any atom is -0.343 e. The number of aromatic nitrogens is 2. The first-order valence-corrected chi connectivity index (χ1v) is 14.1. The van der Waals surface area contributed by atoms with E-state index in [0.717, 1.165) is 47.9 Å². The highest BCUT2D eigenvalue weighted by Gasteiger charge is 2.42. The van der Waals surface area contributed by atoms with Gasteiger partial charge in [0.2, 0.25) is 11.8 Å². The largest absolute Gasteiger partial charge is 0.343 e. The van der Waals surface area contributed by atoms with Crippen molar-refractivity contribution in [3.8, 4) is 22.4 Å². The molecule has 3 aromatic rings. The van der Waals surface area contributed by atoms with Gasteiger partial charge in [-0.1, -0.05) is 24.3 Å². The van der Waals surface area contributed by atoms with Crippen molar-refractivity contribution in [2.75, 3.05) is 12.4 Å². The molecule has 0 spiro atoms. The van der Waals surface area contributed by atoms with Crippen LogP contribution in [0.5, 0.6) is 0 Å². The third kappa shape index (κ3) is 5.63. The zero-order valence-electron chi connectivity index (χ0n) is 21.8. The summed E-state index contributed by atoms with van der Waals surface area (Å²) in [5.41, 5.74) is 10.2. The van der Waals surface area contributed by atoms with Crippen molar-refractivity contribution in [1.29, 1.82) is 0 Å². The molecule has 9 heteroatoms. The molecular formula is C29H34FN5O2S. The average Bonchev–Trinajstić information content (AvgIpc) is 3.43. The number of hydrogen-bond donors (Lipinski definition) is 2. The molecule has 2 aliphatic rings. The van der Waals surface area contributed by atoms with Gasteiger partial charge in [0.25, 0.3) is 0 Å². The van der Waals surface area contributed by atoms with Crippen LogP contribution in [0.25, 0.3) is 22.4 Å². The molecule has 0 atom stereocenters. The molecular weight excluding hydrogens is 501 g/mol. The van der Waals surface area contributed by atoms with Gasteiger partial charge in [0.05, 0.1) is 0 Å². The van der Waals surface area contributed by atoms with Gasteiger partial charge < -0.3 is 16.0 Å². The summed E-state index contributed by atoms with van der Waals surface area (Å²) in [6.45, 7) is 1.59. The number of carbonyl (C=O) groups excluding carboxylic acids is 2. The van der Waals surface area contributed by atoms with E-state index in [0.29, 0.717) is 36.7 Å². The monoisotopic (exact) mass is 535 g/mol. The van der Waals surface area contributed by atoms with Gasteiger partial charge in [0.1, 0.15) is 11.9 Å². The van der Waals surface area contributed by atoms with Gasteiger partial charge >= 0.3 is 0 Å². The third-order valence-corrected chi connectivity index (χ3v) is 8.82. The summed E-state index contributed by atoms with van der Waals surface area (Å²) in [6.07, 6.45) is 3.97. The van der Waals surface area contributed by atoms with Gasteiger partial charge in [-0.2, -0.15) is 11.3 Å². The summed E-state index contributed by atoms with van der Waals surface area (Å²) < 4.78 is 13.4. The van der Waals surface area contributed by atoms with E-state index in [1.165, 1.54) is 0 Å². The number of rotatable bonds is 7. The lowest BCUT2D eigenvalue weighted by atomic mass is 9.71. The van der Waals surface area contributed by atoms with Gasteiger partial charge in [0.15, 0.2) is 5.82 Å². The van der Waals surface area contributed by atoms with E-state index < -0.39 is 11.7 Å². The minimum absolute atomic E-state index is 0.0732. The normalized spacial score (nSPS) is 24.9. The van der Waals surface area contributed by atoms with Crippen LogP contribution in [0.2, 0.25) is 0 Å². The second kappa shape index (κ2) is 10.9. The summed E-state index contributed by atoms with van der Waals surface area (Å²) in [5.74, 6) is 0.729. The highest BCUT2D eigenvalue weighted by Crippen LogP contribution is 2.42. The summed E-state index contributed by atoms with van der Waals surface area (Å²) in [4.78, 5) is 26.3. The van der Waals surface area contributed by atoms with Crippen LogP contribution in [0.4, 0.5) is 10.2 Å². The van der Waals surface area contributed by atoms with E-state index in [2.05, 4.69) is 15.5 Å². The Morgan fingerprint density at radius 2 is 1.82 bits per heavy atom. The minimum atomic E-state index is -0.832. The molecule has 2 amide bonds. The van der Waals surface area contributed by atoms with Gasteiger partial charge in [-0.05, 0) is 65.6 Å². The highest BCUT2D eigenvalue weighted by molar-refractivity contribution is 7.08. The molecule has 0 unspecified atom stereocenters. The summed E-state index contributed by atoms with van der Waals surface area (Å²) in [7, 11) is 1.85. The zero-order valence-corrected chi connectivity index (χ0v) is 22.6. The zero-order chi connectivity index (χ0) is 26.9. The van der Waals surface area contributed by atoms with Crippen molar-refractivity contribution in [2.24, 2.45) is 11.7 Å². The number of amides is 2. The molecule has 0 radical (unpaired) electrons. The van der Waals surface area contributed by atoms with E-state index >= 15 is 0 Å². The number of benzene rings is 1. The van der Waals surface area contributed by atoms with Crippen LogP contribution < -0.4 is 11.1 Å². The number of thiophene rings is 1. The summed E-state index contributed by atoms with van der Waals surface area (Å²) >= 11 is 1.59. The lowest BCUT2D eigenvalue weighted by Gasteiger charge is -2.41. The van der Waals surface area contributed by atoms with E-state index in [1.807, 2.05) is 59.1 Å². The smallest absolute Gasteiger partial charge is 0.225 e. The summed E-state index contributed by atoms with van der Waals surface area (Å²) in [5, 5.41) is 15.8. The van der Waals surface area contributed by atoms with Gasteiger partial charge in [-0.25, -0.2) is 4.39 Å². The molecule has 2 saturated carbocycles. The molecule has 3 N–H and O–H groups in total. The van der Waals surface area contributed by atoms with Crippen molar-refractivity contribution >= 4 is 29.0 Å². The number of nitrogens with two attached hydrogens (primary N) is 1. The Hall–Kier alpha value is -3.17. The maximum absolute atomic E-state index is 13.4. The fourth-order valence-electron chi connectivity index (χ4n) is 5.68. The first kappa shape index (κ1) is 26.4. The molecule has 1 aromatic carbocycles. The Morgan fingerprint density at radius 1 is 1.11 bits per heavy atom. The highest BCUT2D eigenvalue weighted by atomic mass is 32.1. The van der Waals surface area contributed by atoms with Crippen molar-refractivity contribution < 1.29 is 14.0 Å². The Labute approximate surface area is 226 Å². The second-order valence-corrected chi connectivity index (χ2v) is 11.6. The van der Waals surface area contributed by atoms with E-state index in [4.69, 9.17) is 5.73 Å². The van der Waals surface area contributed by atoms with E-state index in [1.54, 1.807) is 18.3 Å². The number of nitrogens with one attached hydrogen (secondary N) is 1. The van der Waals surface area contributed by atoms with Crippen LogP contribution in [0.3, 0.4) is 0 Å². The maximum atomic E-state index is 13.4. The summed E-state index contributed by atoms with van der Waals surface area (Å²) in [6, 6.07) is 11.9. The SMILES string of the molecule is CC(=O)N(C)[C@H]1CC[C@H](CC(=O)Nc2cc(-c3ccsc3)c(-c3ccc(C4(N)CC(F)C4)cc3)nn2)CC1. The Morgan fingerprint density at radius 3 is 2.42 bits per heavy atom. The molecule has 2 aromatic heterocycles. The molecule has 200 valence electrons. The molecule has 38 heavy (non-hydrogen) atoms. The van der Waals surface area contributed by atoms with Crippen molar-refractivity contribution in [2.45, 2.75) is 69.6 Å². The lowest BCUT2D eigenvalue weighted by Crippen LogP contribution is -2.50. The number of hydrogen-bond acceptors (Lipinski definition) is 6. The number of alkyl halides is 1. The molecule has 7 nitrogen and oxygen atoms in total. The van der Waals surface area contributed by atoms with Crippen LogP contribution >= 0.6 is 11.3 Å². The number of anilines is 1. The topological polar surface area (TPSA) is 101 Å².